The summed E-state index contributed by atoms with van der Waals surface area (Å²) in [4.78, 5) is 0. The summed E-state index contributed by atoms with van der Waals surface area (Å²) in [6.45, 7) is 21.1. The van der Waals surface area contributed by atoms with Crippen molar-refractivity contribution in [3.8, 4) is 5.75 Å². The summed E-state index contributed by atoms with van der Waals surface area (Å²) in [6.07, 6.45) is 2.91. The molecule has 1 aromatic rings. The minimum Gasteiger partial charge on any atom is -0.497 e. The predicted octanol–water partition coefficient (Wildman–Crippen LogP) is 6.20. The first-order valence-corrected chi connectivity index (χ1v) is 12.3. The molecule has 0 aliphatic heterocycles. The standard InChI is InChI=1S/C22H38O3Si/c1-10-11-20(25-26(8,9)21(2,3)4)22(5,6)17-24-16-18-12-14-19(23-7)15-13-18/h10,12-15,20H,1,11,16-17H2,2-9H3/t20-/m0/s1. The average Bonchev–Trinajstić information content (AvgIpc) is 2.53. The van der Waals surface area contributed by atoms with Crippen LogP contribution in [0.3, 0.4) is 0 Å². The lowest BCUT2D eigenvalue weighted by molar-refractivity contribution is -0.0214. The average molecular weight is 379 g/mol. The summed E-state index contributed by atoms with van der Waals surface area (Å²) in [5, 5.41) is 0.187. The Morgan fingerprint density at radius 3 is 2.12 bits per heavy atom. The van der Waals surface area contributed by atoms with Gasteiger partial charge in [0.05, 0.1) is 26.4 Å². The molecule has 1 rings (SSSR count). The number of rotatable bonds is 10. The van der Waals surface area contributed by atoms with E-state index in [2.05, 4.69) is 54.3 Å². The molecule has 0 saturated heterocycles. The number of benzene rings is 1. The smallest absolute Gasteiger partial charge is 0.192 e. The molecule has 0 N–H and O–H groups in total. The highest BCUT2D eigenvalue weighted by Crippen LogP contribution is 2.40. The molecular weight excluding hydrogens is 340 g/mol. The predicted molar refractivity (Wildman–Crippen MR) is 113 cm³/mol. The van der Waals surface area contributed by atoms with E-state index in [9.17, 15) is 0 Å². The third-order valence-corrected chi connectivity index (χ3v) is 9.88. The lowest BCUT2D eigenvalue weighted by Gasteiger charge is -2.44. The molecule has 0 aliphatic carbocycles. The molecule has 0 unspecified atom stereocenters. The van der Waals surface area contributed by atoms with Crippen molar-refractivity contribution in [1.29, 1.82) is 0 Å². The number of hydrogen-bond donors (Lipinski definition) is 0. The fourth-order valence-electron chi connectivity index (χ4n) is 2.46. The molecule has 1 aromatic carbocycles. The monoisotopic (exact) mass is 378 g/mol. The maximum absolute atomic E-state index is 6.71. The molecule has 4 heteroatoms. The molecule has 0 aliphatic rings. The van der Waals surface area contributed by atoms with E-state index >= 15 is 0 Å². The lowest BCUT2D eigenvalue weighted by Crippen LogP contribution is -2.48. The van der Waals surface area contributed by atoms with E-state index in [-0.39, 0.29) is 16.6 Å². The van der Waals surface area contributed by atoms with Gasteiger partial charge in [-0.1, -0.05) is 52.8 Å². The highest BCUT2D eigenvalue weighted by Gasteiger charge is 2.42. The Kier molecular flexibility index (Phi) is 8.12. The zero-order valence-corrected chi connectivity index (χ0v) is 19.0. The topological polar surface area (TPSA) is 27.7 Å². The van der Waals surface area contributed by atoms with Crippen LogP contribution in [0.5, 0.6) is 5.75 Å². The van der Waals surface area contributed by atoms with Gasteiger partial charge in [-0.15, -0.1) is 6.58 Å². The van der Waals surface area contributed by atoms with Crippen LogP contribution in [-0.4, -0.2) is 28.1 Å². The van der Waals surface area contributed by atoms with E-state index in [4.69, 9.17) is 13.9 Å². The van der Waals surface area contributed by atoms with Crippen molar-refractivity contribution in [1.82, 2.24) is 0 Å². The molecule has 148 valence electrons. The summed E-state index contributed by atoms with van der Waals surface area (Å²) in [5.41, 5.74) is 1.06. The molecule has 0 heterocycles. The van der Waals surface area contributed by atoms with E-state index in [1.54, 1.807) is 7.11 Å². The molecule has 0 spiro atoms. The molecule has 3 nitrogen and oxygen atoms in total. The van der Waals surface area contributed by atoms with Crippen LogP contribution < -0.4 is 4.74 Å². The minimum atomic E-state index is -1.85. The molecule has 0 fully saturated rings. The van der Waals surface area contributed by atoms with Crippen LogP contribution in [0.4, 0.5) is 0 Å². The molecule has 0 bridgehead atoms. The van der Waals surface area contributed by atoms with E-state index in [0.717, 1.165) is 17.7 Å². The summed E-state index contributed by atoms with van der Waals surface area (Å²) in [5.74, 6) is 0.864. The Bertz CT molecular complexity index is 556. The SMILES string of the molecule is C=CC[C@H](O[Si](C)(C)C(C)(C)C)C(C)(C)COCc1ccc(OC)cc1. The highest BCUT2D eigenvalue weighted by molar-refractivity contribution is 6.74. The highest BCUT2D eigenvalue weighted by atomic mass is 28.4. The molecule has 0 aromatic heterocycles. The van der Waals surface area contributed by atoms with Gasteiger partial charge in [0.2, 0.25) is 0 Å². The van der Waals surface area contributed by atoms with Gasteiger partial charge >= 0.3 is 0 Å². The Hall–Kier alpha value is -1.10. The molecule has 1 atom stereocenters. The van der Waals surface area contributed by atoms with Gasteiger partial charge in [0, 0.05) is 5.41 Å². The second kappa shape index (κ2) is 9.20. The third kappa shape index (κ3) is 6.56. The van der Waals surface area contributed by atoms with Crippen LogP contribution in [0.25, 0.3) is 0 Å². The Labute approximate surface area is 161 Å². The zero-order chi connectivity index (χ0) is 20.0. The van der Waals surface area contributed by atoms with Gasteiger partial charge in [-0.05, 0) is 42.2 Å². The Balaban J connectivity index is 2.71. The van der Waals surface area contributed by atoms with Crippen molar-refractivity contribution < 1.29 is 13.9 Å². The Morgan fingerprint density at radius 2 is 1.65 bits per heavy atom. The maximum atomic E-state index is 6.71. The zero-order valence-electron chi connectivity index (χ0n) is 18.0. The fourth-order valence-corrected chi connectivity index (χ4v) is 3.94. The molecule has 0 amide bonds. The number of methoxy groups -OCH3 is 1. The molecule has 26 heavy (non-hydrogen) atoms. The molecule has 0 radical (unpaired) electrons. The first-order valence-electron chi connectivity index (χ1n) is 9.42. The van der Waals surface area contributed by atoms with Gasteiger partial charge in [0.15, 0.2) is 8.32 Å². The van der Waals surface area contributed by atoms with Crippen LogP contribution in [0.2, 0.25) is 18.1 Å². The van der Waals surface area contributed by atoms with Crippen LogP contribution in [-0.2, 0) is 15.8 Å². The minimum absolute atomic E-state index is 0.0871. The van der Waals surface area contributed by atoms with Crippen molar-refractivity contribution in [2.45, 2.75) is 71.9 Å². The third-order valence-electron chi connectivity index (χ3n) is 5.40. The van der Waals surface area contributed by atoms with Crippen LogP contribution in [0.1, 0.15) is 46.6 Å². The van der Waals surface area contributed by atoms with E-state index < -0.39 is 8.32 Å². The summed E-state index contributed by atoms with van der Waals surface area (Å²) in [7, 11) is -0.169. The maximum Gasteiger partial charge on any atom is 0.192 e. The normalized spacial score (nSPS) is 14.2. The van der Waals surface area contributed by atoms with Gasteiger partial charge in [-0.25, -0.2) is 0 Å². The molecular formula is C22H38O3Si. The first-order chi connectivity index (χ1) is 11.9. The lowest BCUT2D eigenvalue weighted by atomic mass is 9.86. The quantitative estimate of drug-likeness (QED) is 0.358. The van der Waals surface area contributed by atoms with Crippen LogP contribution in [0, 0.1) is 5.41 Å². The van der Waals surface area contributed by atoms with Gasteiger partial charge in [-0.2, -0.15) is 0 Å². The first kappa shape index (κ1) is 22.9. The van der Waals surface area contributed by atoms with Crippen LogP contribution in [0.15, 0.2) is 36.9 Å². The second-order valence-corrected chi connectivity index (χ2v) is 14.0. The van der Waals surface area contributed by atoms with Crippen molar-refractivity contribution in [2.24, 2.45) is 5.41 Å². The van der Waals surface area contributed by atoms with Crippen LogP contribution >= 0.6 is 0 Å². The van der Waals surface area contributed by atoms with Gasteiger partial charge in [-0.3, -0.25) is 0 Å². The molecule has 0 saturated carbocycles. The van der Waals surface area contributed by atoms with Gasteiger partial charge in [0.25, 0.3) is 0 Å². The van der Waals surface area contributed by atoms with Crippen molar-refractivity contribution in [3.05, 3.63) is 42.5 Å². The summed E-state index contributed by atoms with van der Waals surface area (Å²) in [6, 6.07) is 8.01. The van der Waals surface area contributed by atoms with E-state index in [0.29, 0.717) is 13.2 Å². The van der Waals surface area contributed by atoms with Crippen molar-refractivity contribution >= 4 is 8.32 Å². The number of ether oxygens (including phenoxy) is 2. The summed E-state index contributed by atoms with van der Waals surface area (Å²) >= 11 is 0. The van der Waals surface area contributed by atoms with E-state index in [1.165, 1.54) is 0 Å². The van der Waals surface area contributed by atoms with Crippen molar-refractivity contribution in [3.63, 3.8) is 0 Å². The van der Waals surface area contributed by atoms with E-state index in [1.807, 2.05) is 30.3 Å². The Morgan fingerprint density at radius 1 is 1.08 bits per heavy atom. The van der Waals surface area contributed by atoms with Gasteiger partial charge < -0.3 is 13.9 Å². The summed E-state index contributed by atoms with van der Waals surface area (Å²) < 4.78 is 18.0. The second-order valence-electron chi connectivity index (χ2n) is 9.22. The van der Waals surface area contributed by atoms with Crippen molar-refractivity contribution in [2.75, 3.05) is 13.7 Å². The van der Waals surface area contributed by atoms with Gasteiger partial charge in [0.1, 0.15) is 5.75 Å². The fraction of sp³-hybridized carbons (Fsp3) is 0.636. The number of hydrogen-bond acceptors (Lipinski definition) is 3. The largest absolute Gasteiger partial charge is 0.497 e.